The molecule has 0 aromatic heterocycles. The molecule has 3 aliphatic rings. The Kier molecular flexibility index (Phi) is 6.61. The molecule has 3 heterocycles. The number of carbonyl (C=O) groups is 3. The summed E-state index contributed by atoms with van der Waals surface area (Å²) in [6, 6.07) is 6.78. The zero-order valence-electron chi connectivity index (χ0n) is 20.5. The average molecular weight is 473 g/mol. The molecule has 4 rings (SSSR count). The Labute approximate surface area is 200 Å². The molecule has 3 aliphatic heterocycles. The summed E-state index contributed by atoms with van der Waals surface area (Å²) in [6.45, 7) is 7.96. The van der Waals surface area contributed by atoms with Gasteiger partial charge in [-0.2, -0.15) is 0 Å². The molecule has 3 N–H and O–H groups in total. The van der Waals surface area contributed by atoms with Gasteiger partial charge in [0.05, 0.1) is 17.4 Å². The topological polar surface area (TPSA) is 111 Å². The molecule has 3 saturated heterocycles. The predicted molar refractivity (Wildman–Crippen MR) is 128 cm³/mol. The van der Waals surface area contributed by atoms with Crippen LogP contribution in [-0.4, -0.2) is 78.3 Å². The number of nitrogens with one attached hydrogen (secondary N) is 2. The summed E-state index contributed by atoms with van der Waals surface area (Å²) >= 11 is 0. The van der Waals surface area contributed by atoms with E-state index in [-0.39, 0.29) is 30.9 Å². The third kappa shape index (κ3) is 3.65. The lowest BCUT2D eigenvalue weighted by molar-refractivity contribution is -0.144. The largest absolute Gasteiger partial charge is 0.396 e. The molecule has 34 heavy (non-hydrogen) atoms. The number of nitrogens with zero attached hydrogens (tertiary/aromatic N) is 2. The minimum Gasteiger partial charge on any atom is -0.396 e. The van der Waals surface area contributed by atoms with Crippen molar-refractivity contribution in [2.45, 2.75) is 57.3 Å². The number of aliphatic hydroxyl groups excluding tert-OH is 1. The number of rotatable bonds is 9. The van der Waals surface area contributed by atoms with E-state index in [1.807, 2.05) is 31.2 Å². The maximum absolute atomic E-state index is 13.7. The number of likely N-dealkylation sites (tertiary alicyclic amines) is 1. The van der Waals surface area contributed by atoms with Crippen molar-refractivity contribution >= 4 is 29.1 Å². The van der Waals surface area contributed by atoms with Crippen LogP contribution in [0.15, 0.2) is 24.3 Å². The van der Waals surface area contributed by atoms with Crippen LogP contribution in [0.4, 0.5) is 11.4 Å². The zero-order chi connectivity index (χ0) is 24.7. The summed E-state index contributed by atoms with van der Waals surface area (Å²) in [5, 5.41) is 15.1. The summed E-state index contributed by atoms with van der Waals surface area (Å²) in [5.74, 6) is -2.18. The van der Waals surface area contributed by atoms with E-state index < -0.39 is 29.1 Å². The van der Waals surface area contributed by atoms with Gasteiger partial charge in [-0.1, -0.05) is 0 Å². The molecule has 1 aromatic carbocycles. The van der Waals surface area contributed by atoms with Crippen molar-refractivity contribution in [1.29, 1.82) is 0 Å². The summed E-state index contributed by atoms with van der Waals surface area (Å²) in [4.78, 5) is 43.8. The fraction of sp³-hybridized carbons (Fsp3) is 0.640. The average Bonchev–Trinajstić information content (AvgIpc) is 3.39. The van der Waals surface area contributed by atoms with Crippen molar-refractivity contribution in [3.63, 3.8) is 0 Å². The van der Waals surface area contributed by atoms with Gasteiger partial charge in [0.15, 0.2) is 0 Å². The highest BCUT2D eigenvalue weighted by molar-refractivity contribution is 6.03. The minimum atomic E-state index is -1.05. The third-order valence-electron chi connectivity index (χ3n) is 7.87. The first-order chi connectivity index (χ1) is 16.3. The van der Waals surface area contributed by atoms with Gasteiger partial charge in [-0.15, -0.1) is 0 Å². The number of anilines is 2. The van der Waals surface area contributed by atoms with E-state index in [0.29, 0.717) is 24.9 Å². The first kappa shape index (κ1) is 24.5. The molecule has 3 fully saturated rings. The molecule has 2 bridgehead atoms. The maximum atomic E-state index is 13.7. The molecular weight excluding hydrogens is 436 g/mol. The van der Waals surface area contributed by atoms with Crippen molar-refractivity contribution in [2.75, 3.05) is 43.5 Å². The van der Waals surface area contributed by atoms with Crippen molar-refractivity contribution in [3.05, 3.63) is 24.3 Å². The number of amides is 3. The molecule has 9 heteroatoms. The van der Waals surface area contributed by atoms with Gasteiger partial charge in [0.1, 0.15) is 11.6 Å². The van der Waals surface area contributed by atoms with Gasteiger partial charge < -0.3 is 30.3 Å². The highest BCUT2D eigenvalue weighted by atomic mass is 16.5. The number of aliphatic hydroxyl groups is 1. The molecule has 186 valence electrons. The van der Waals surface area contributed by atoms with Gasteiger partial charge in [-0.05, 0) is 64.3 Å². The lowest BCUT2D eigenvalue weighted by Crippen LogP contribution is -2.53. The molecule has 0 aliphatic carbocycles. The molecule has 5 atom stereocenters. The van der Waals surface area contributed by atoms with Crippen LogP contribution in [-0.2, 0) is 19.1 Å². The van der Waals surface area contributed by atoms with Crippen molar-refractivity contribution in [1.82, 2.24) is 10.2 Å². The second-order valence-electron chi connectivity index (χ2n) is 9.66. The Balaban J connectivity index is 1.64. The Morgan fingerprint density at radius 2 is 1.85 bits per heavy atom. The van der Waals surface area contributed by atoms with Gasteiger partial charge in [0, 0.05) is 44.7 Å². The number of carbonyl (C=O) groups excluding carboxylic acids is 3. The predicted octanol–water partition coefficient (Wildman–Crippen LogP) is 1.36. The van der Waals surface area contributed by atoms with E-state index in [2.05, 4.69) is 29.4 Å². The van der Waals surface area contributed by atoms with E-state index in [4.69, 9.17) is 4.74 Å². The van der Waals surface area contributed by atoms with Gasteiger partial charge in [-0.25, -0.2) is 0 Å². The van der Waals surface area contributed by atoms with Crippen LogP contribution in [0.25, 0.3) is 0 Å². The Morgan fingerprint density at radius 1 is 1.18 bits per heavy atom. The molecule has 9 nitrogen and oxygen atoms in total. The fourth-order valence-corrected chi connectivity index (χ4v) is 6.32. The van der Waals surface area contributed by atoms with Crippen LogP contribution in [0.5, 0.6) is 0 Å². The lowest BCUT2D eigenvalue weighted by atomic mass is 9.66. The van der Waals surface area contributed by atoms with Gasteiger partial charge in [-0.3, -0.25) is 14.4 Å². The van der Waals surface area contributed by atoms with Crippen LogP contribution >= 0.6 is 0 Å². The fourth-order valence-electron chi connectivity index (χ4n) is 6.32. The number of fused-ring (bicyclic) bond motifs is 1. The third-order valence-corrected chi connectivity index (χ3v) is 7.87. The number of ether oxygens (including phenoxy) is 1. The van der Waals surface area contributed by atoms with Crippen LogP contribution < -0.4 is 15.5 Å². The number of hydrogen-bond donors (Lipinski definition) is 3. The molecule has 3 amide bonds. The highest BCUT2D eigenvalue weighted by Crippen LogP contribution is 2.63. The normalized spacial score (nSPS) is 31.5. The first-order valence-corrected chi connectivity index (χ1v) is 12.2. The van der Waals surface area contributed by atoms with E-state index >= 15 is 0 Å². The highest BCUT2D eigenvalue weighted by Gasteiger charge is 2.77. The summed E-state index contributed by atoms with van der Waals surface area (Å²) < 4.78 is 6.49. The quantitative estimate of drug-likeness (QED) is 0.501. The van der Waals surface area contributed by atoms with Crippen molar-refractivity contribution in [3.8, 4) is 0 Å². The molecule has 1 aromatic rings. The van der Waals surface area contributed by atoms with E-state index in [1.165, 1.54) is 4.90 Å². The number of benzene rings is 1. The second kappa shape index (κ2) is 9.19. The Bertz CT molecular complexity index is 949. The molecule has 2 unspecified atom stereocenters. The molecule has 1 spiro atoms. The van der Waals surface area contributed by atoms with Gasteiger partial charge in [0.25, 0.3) is 0 Å². The SMILES string of the molecule is CCN(CC)c1ccc(NC(=O)C2N(CCCO)C(=O)[C@@H]3[C@H](C(=O)NC)[C@]4(C)CCC23O4)cc1. The van der Waals surface area contributed by atoms with Crippen LogP contribution in [0.1, 0.15) is 40.0 Å². The second-order valence-corrected chi connectivity index (χ2v) is 9.66. The van der Waals surface area contributed by atoms with E-state index in [1.54, 1.807) is 7.05 Å². The summed E-state index contributed by atoms with van der Waals surface area (Å²) in [6.07, 6.45) is 1.48. The van der Waals surface area contributed by atoms with Crippen LogP contribution in [0, 0.1) is 11.8 Å². The standard InChI is InChI=1S/C25H36N4O5/c1-5-28(6-2)17-10-8-16(9-11-17)27-22(32)20-25-13-12-24(3,34-25)18(21(31)26-4)19(25)23(33)29(20)14-7-15-30/h8-11,18-20,30H,5-7,12-15H2,1-4H3,(H,26,31)(H,27,32)/t18-,19+,20?,24+,25?/m1/s1. The molecule has 0 radical (unpaired) electrons. The summed E-state index contributed by atoms with van der Waals surface area (Å²) in [5.41, 5.74) is -0.129. The molecular formula is C25H36N4O5. The van der Waals surface area contributed by atoms with Crippen molar-refractivity contribution < 1.29 is 24.2 Å². The van der Waals surface area contributed by atoms with Gasteiger partial charge in [0.2, 0.25) is 17.7 Å². The number of hydrogen-bond acceptors (Lipinski definition) is 6. The maximum Gasteiger partial charge on any atom is 0.250 e. The zero-order valence-corrected chi connectivity index (χ0v) is 20.5. The summed E-state index contributed by atoms with van der Waals surface area (Å²) in [7, 11) is 1.55. The van der Waals surface area contributed by atoms with Crippen LogP contribution in [0.3, 0.4) is 0 Å². The van der Waals surface area contributed by atoms with Crippen molar-refractivity contribution in [2.24, 2.45) is 11.8 Å². The van der Waals surface area contributed by atoms with E-state index in [0.717, 1.165) is 18.8 Å². The first-order valence-electron chi connectivity index (χ1n) is 12.2. The van der Waals surface area contributed by atoms with Crippen LogP contribution in [0.2, 0.25) is 0 Å². The monoisotopic (exact) mass is 472 g/mol. The Morgan fingerprint density at radius 3 is 2.44 bits per heavy atom. The Hall–Kier alpha value is -2.65. The smallest absolute Gasteiger partial charge is 0.250 e. The minimum absolute atomic E-state index is 0.0972. The van der Waals surface area contributed by atoms with Gasteiger partial charge >= 0.3 is 0 Å². The van der Waals surface area contributed by atoms with E-state index in [9.17, 15) is 19.5 Å². The lowest BCUT2D eigenvalue weighted by Gasteiger charge is -2.33. The molecule has 0 saturated carbocycles.